The number of para-hydroxylation sites is 1. The van der Waals surface area contributed by atoms with E-state index in [2.05, 4.69) is 55.7 Å². The highest BCUT2D eigenvalue weighted by molar-refractivity contribution is 7.80. The molecule has 0 spiro atoms. The first-order chi connectivity index (χ1) is 10.5. The third-order valence-electron chi connectivity index (χ3n) is 3.60. The Balaban J connectivity index is 2.14. The van der Waals surface area contributed by atoms with Crippen molar-refractivity contribution < 1.29 is 0 Å². The highest BCUT2D eigenvalue weighted by Crippen LogP contribution is 2.25. The van der Waals surface area contributed by atoms with Gasteiger partial charge in [-0.25, -0.2) is 0 Å². The number of hydrogen-bond acceptors (Lipinski definition) is 1. The Hall–Kier alpha value is -1.58. The zero-order valence-corrected chi connectivity index (χ0v) is 14.6. The molecule has 0 aromatic heterocycles. The van der Waals surface area contributed by atoms with Crippen molar-refractivity contribution in [3.63, 3.8) is 0 Å². The molecule has 2 aromatic rings. The van der Waals surface area contributed by atoms with Crippen molar-refractivity contribution in [3.8, 4) is 0 Å². The van der Waals surface area contributed by atoms with Gasteiger partial charge in [0, 0.05) is 0 Å². The summed E-state index contributed by atoms with van der Waals surface area (Å²) < 4.78 is 0. The number of anilines is 1. The summed E-state index contributed by atoms with van der Waals surface area (Å²) in [5.74, 6) is 0.409. The molecular formula is C18H21ClN2S. The van der Waals surface area contributed by atoms with E-state index in [1.165, 1.54) is 11.1 Å². The molecule has 2 aromatic carbocycles. The van der Waals surface area contributed by atoms with Crippen molar-refractivity contribution in [2.75, 3.05) is 5.32 Å². The van der Waals surface area contributed by atoms with E-state index in [1.54, 1.807) is 0 Å². The molecular weight excluding hydrogens is 312 g/mol. The molecule has 0 radical (unpaired) electrons. The molecule has 0 aliphatic carbocycles. The van der Waals surface area contributed by atoms with Gasteiger partial charge >= 0.3 is 0 Å². The van der Waals surface area contributed by atoms with Crippen LogP contribution in [0, 0.1) is 12.8 Å². The van der Waals surface area contributed by atoms with Crippen LogP contribution in [0.15, 0.2) is 48.5 Å². The van der Waals surface area contributed by atoms with E-state index in [-0.39, 0.29) is 6.04 Å². The topological polar surface area (TPSA) is 24.1 Å². The van der Waals surface area contributed by atoms with E-state index < -0.39 is 0 Å². The summed E-state index contributed by atoms with van der Waals surface area (Å²) in [4.78, 5) is 0. The van der Waals surface area contributed by atoms with Gasteiger partial charge in [0.2, 0.25) is 0 Å². The molecule has 4 heteroatoms. The molecule has 0 heterocycles. The van der Waals surface area contributed by atoms with Crippen LogP contribution in [0.1, 0.15) is 31.0 Å². The Morgan fingerprint density at radius 3 is 2.32 bits per heavy atom. The zero-order chi connectivity index (χ0) is 16.1. The molecule has 22 heavy (non-hydrogen) atoms. The van der Waals surface area contributed by atoms with Gasteiger partial charge in [0.25, 0.3) is 0 Å². The van der Waals surface area contributed by atoms with E-state index in [9.17, 15) is 0 Å². The number of rotatable bonds is 4. The molecule has 0 saturated heterocycles. The van der Waals surface area contributed by atoms with E-state index >= 15 is 0 Å². The van der Waals surface area contributed by atoms with Crippen molar-refractivity contribution >= 4 is 34.6 Å². The fourth-order valence-electron chi connectivity index (χ4n) is 2.40. The molecule has 1 atom stereocenters. The van der Waals surface area contributed by atoms with Crippen molar-refractivity contribution in [1.82, 2.24) is 5.32 Å². The van der Waals surface area contributed by atoms with Crippen LogP contribution in [-0.2, 0) is 0 Å². The second kappa shape index (κ2) is 7.61. The molecule has 0 bridgehead atoms. The quantitative estimate of drug-likeness (QED) is 0.740. The second-order valence-electron chi connectivity index (χ2n) is 5.66. The van der Waals surface area contributed by atoms with Crippen LogP contribution < -0.4 is 10.6 Å². The van der Waals surface area contributed by atoms with Gasteiger partial charge in [-0.1, -0.05) is 61.8 Å². The van der Waals surface area contributed by atoms with Gasteiger partial charge < -0.3 is 10.6 Å². The van der Waals surface area contributed by atoms with Crippen molar-refractivity contribution in [1.29, 1.82) is 0 Å². The molecule has 0 aliphatic rings. The van der Waals surface area contributed by atoms with E-state index in [0.717, 1.165) is 5.69 Å². The summed E-state index contributed by atoms with van der Waals surface area (Å²) in [6, 6.07) is 16.1. The Morgan fingerprint density at radius 1 is 1.05 bits per heavy atom. The van der Waals surface area contributed by atoms with Crippen LogP contribution in [0.4, 0.5) is 5.69 Å². The first kappa shape index (κ1) is 16.8. The third kappa shape index (κ3) is 4.21. The van der Waals surface area contributed by atoms with E-state index in [4.69, 9.17) is 23.8 Å². The van der Waals surface area contributed by atoms with Gasteiger partial charge in [-0.05, 0) is 48.3 Å². The van der Waals surface area contributed by atoms with Gasteiger partial charge in [0.15, 0.2) is 5.11 Å². The minimum atomic E-state index is 0.156. The molecule has 1 unspecified atom stereocenters. The van der Waals surface area contributed by atoms with Crippen LogP contribution in [0.3, 0.4) is 0 Å². The first-order valence-corrected chi connectivity index (χ1v) is 8.15. The van der Waals surface area contributed by atoms with Crippen LogP contribution in [0.5, 0.6) is 0 Å². The Kier molecular flexibility index (Phi) is 5.81. The number of benzene rings is 2. The van der Waals surface area contributed by atoms with Gasteiger partial charge in [-0.2, -0.15) is 0 Å². The van der Waals surface area contributed by atoms with E-state index in [0.29, 0.717) is 16.1 Å². The summed E-state index contributed by atoms with van der Waals surface area (Å²) in [5.41, 5.74) is 3.34. The summed E-state index contributed by atoms with van der Waals surface area (Å²) in [6.07, 6.45) is 0. The van der Waals surface area contributed by atoms with Gasteiger partial charge in [-0.15, -0.1) is 0 Å². The molecule has 2 nitrogen and oxygen atoms in total. The Morgan fingerprint density at radius 2 is 1.68 bits per heavy atom. The third-order valence-corrected chi connectivity index (χ3v) is 4.15. The molecule has 116 valence electrons. The molecule has 0 amide bonds. The van der Waals surface area contributed by atoms with Crippen LogP contribution >= 0.6 is 23.8 Å². The monoisotopic (exact) mass is 332 g/mol. The maximum absolute atomic E-state index is 6.16. The van der Waals surface area contributed by atoms with E-state index in [1.807, 2.05) is 24.3 Å². The molecule has 0 fully saturated rings. The van der Waals surface area contributed by atoms with Gasteiger partial charge in [0.1, 0.15) is 0 Å². The molecule has 0 saturated carbocycles. The van der Waals surface area contributed by atoms with Gasteiger partial charge in [-0.3, -0.25) is 0 Å². The number of halogens is 1. The summed E-state index contributed by atoms with van der Waals surface area (Å²) in [5, 5.41) is 7.82. The minimum absolute atomic E-state index is 0.156. The highest BCUT2D eigenvalue weighted by atomic mass is 35.5. The van der Waals surface area contributed by atoms with Crippen molar-refractivity contribution in [2.24, 2.45) is 5.92 Å². The molecule has 0 aliphatic heterocycles. The predicted molar refractivity (Wildman–Crippen MR) is 99.6 cm³/mol. The SMILES string of the molecule is Cc1ccccc1C(NC(=S)Nc1ccccc1Cl)C(C)C. The maximum atomic E-state index is 6.16. The molecule has 2 N–H and O–H groups in total. The second-order valence-corrected chi connectivity index (χ2v) is 6.47. The zero-order valence-electron chi connectivity index (χ0n) is 13.1. The van der Waals surface area contributed by atoms with Crippen LogP contribution in [0.2, 0.25) is 5.02 Å². The minimum Gasteiger partial charge on any atom is -0.355 e. The van der Waals surface area contributed by atoms with Crippen LogP contribution in [-0.4, -0.2) is 5.11 Å². The normalized spacial score (nSPS) is 12.0. The first-order valence-electron chi connectivity index (χ1n) is 7.36. The van der Waals surface area contributed by atoms with Crippen LogP contribution in [0.25, 0.3) is 0 Å². The lowest BCUT2D eigenvalue weighted by Gasteiger charge is -2.26. The lowest BCUT2D eigenvalue weighted by atomic mass is 9.93. The summed E-state index contributed by atoms with van der Waals surface area (Å²) in [7, 11) is 0. The lowest BCUT2D eigenvalue weighted by Crippen LogP contribution is -2.35. The Labute approximate surface area is 142 Å². The number of hydrogen-bond donors (Lipinski definition) is 2. The summed E-state index contributed by atoms with van der Waals surface area (Å²) >= 11 is 11.6. The number of thiocarbonyl (C=S) groups is 1. The average molecular weight is 333 g/mol. The highest BCUT2D eigenvalue weighted by Gasteiger charge is 2.18. The Bertz CT molecular complexity index is 655. The number of aryl methyl sites for hydroxylation is 1. The predicted octanol–water partition coefficient (Wildman–Crippen LogP) is 5.33. The lowest BCUT2D eigenvalue weighted by molar-refractivity contribution is 0.471. The fraction of sp³-hybridized carbons (Fsp3) is 0.278. The molecule has 2 rings (SSSR count). The number of nitrogens with one attached hydrogen (secondary N) is 2. The standard InChI is InChI=1S/C18H21ClN2S/c1-12(2)17(14-9-5-4-8-13(14)3)21-18(22)20-16-11-7-6-10-15(16)19/h4-12,17H,1-3H3,(H2,20,21,22). The van der Waals surface area contributed by atoms with Crippen molar-refractivity contribution in [3.05, 3.63) is 64.7 Å². The summed E-state index contributed by atoms with van der Waals surface area (Å²) in [6.45, 7) is 6.49. The fourth-order valence-corrected chi connectivity index (χ4v) is 2.82. The average Bonchev–Trinajstić information content (AvgIpc) is 2.48. The van der Waals surface area contributed by atoms with Crippen molar-refractivity contribution in [2.45, 2.75) is 26.8 Å². The maximum Gasteiger partial charge on any atom is 0.171 e. The largest absolute Gasteiger partial charge is 0.355 e. The van der Waals surface area contributed by atoms with Gasteiger partial charge in [0.05, 0.1) is 16.8 Å². The smallest absolute Gasteiger partial charge is 0.171 e.